The molecule has 14 heteroatoms. The maximum atomic E-state index is 12.5. The molecule has 0 saturated carbocycles. The van der Waals surface area contributed by atoms with E-state index in [0.717, 1.165) is 6.07 Å². The van der Waals surface area contributed by atoms with Crippen LogP contribution in [-0.4, -0.2) is 72.7 Å². The number of nitrogen functional groups attached to an aromatic ring is 1. The fraction of sp³-hybridized carbons (Fsp3) is 0.273. The molecule has 0 aliphatic carbocycles. The quantitative estimate of drug-likeness (QED) is 0.110. The Hall–Kier alpha value is -3.85. The van der Waals surface area contributed by atoms with Crippen LogP contribution in [0.1, 0.15) is 27.0 Å². The molecule has 194 valence electrons. The van der Waals surface area contributed by atoms with E-state index in [4.69, 9.17) is 16.2 Å². The van der Waals surface area contributed by atoms with E-state index < -0.39 is 58.9 Å². The summed E-state index contributed by atoms with van der Waals surface area (Å²) in [7, 11) is -4.20. The molecule has 2 aromatic rings. The average Bonchev–Trinajstić information content (AvgIpc) is 2.84. The van der Waals surface area contributed by atoms with Gasteiger partial charge in [-0.25, -0.2) is 17.9 Å². The predicted octanol–water partition coefficient (Wildman–Crippen LogP) is -1.76. The first-order valence-corrected chi connectivity index (χ1v) is 12.2. The van der Waals surface area contributed by atoms with Crippen molar-refractivity contribution in [3.63, 3.8) is 0 Å². The second kappa shape index (κ2) is 12.7. The van der Waals surface area contributed by atoms with Crippen molar-refractivity contribution in [2.45, 2.75) is 24.4 Å². The molecule has 0 bridgehead atoms. The second-order valence-corrected chi connectivity index (χ2v) is 9.44. The highest BCUT2D eigenvalue weighted by Crippen LogP contribution is 2.10. The summed E-state index contributed by atoms with van der Waals surface area (Å²) in [5, 5.41) is 40.1. The van der Waals surface area contributed by atoms with E-state index in [9.17, 15) is 33.0 Å². The van der Waals surface area contributed by atoms with Crippen molar-refractivity contribution >= 4 is 33.6 Å². The van der Waals surface area contributed by atoms with Crippen LogP contribution >= 0.6 is 0 Å². The number of nitrogens with one attached hydrogen (secondary N) is 4. The SMILES string of the molecule is N=C(N)c1ccc(CNC(=O)[C@H](CO)NC(=O)[C@@H](CO)NS(=O)(=O)Cc2cccc(C(=O)O)c2)cc1. The second-order valence-electron chi connectivity index (χ2n) is 7.69. The molecule has 0 unspecified atom stereocenters. The first kappa shape index (κ1) is 28.4. The zero-order valence-corrected chi connectivity index (χ0v) is 19.8. The van der Waals surface area contributed by atoms with E-state index in [0.29, 0.717) is 11.1 Å². The zero-order chi connectivity index (χ0) is 26.9. The number of hydrogen-bond acceptors (Lipinski definition) is 8. The van der Waals surface area contributed by atoms with E-state index in [2.05, 4.69) is 10.6 Å². The molecule has 36 heavy (non-hydrogen) atoms. The number of nitrogens with two attached hydrogens (primary N) is 1. The number of carbonyl (C=O) groups excluding carboxylic acids is 2. The molecule has 2 atom stereocenters. The minimum absolute atomic E-state index is 0.0366. The lowest BCUT2D eigenvalue weighted by Crippen LogP contribution is -2.56. The van der Waals surface area contributed by atoms with Crippen molar-refractivity contribution in [1.82, 2.24) is 15.4 Å². The number of rotatable bonds is 13. The largest absolute Gasteiger partial charge is 0.478 e. The molecule has 0 fully saturated rings. The molecule has 0 heterocycles. The molecular weight excluding hydrogens is 494 g/mol. The molecule has 0 radical (unpaired) electrons. The molecule has 2 rings (SSSR count). The molecule has 0 saturated heterocycles. The van der Waals surface area contributed by atoms with E-state index in [1.165, 1.54) is 18.2 Å². The Labute approximate surface area is 206 Å². The Balaban J connectivity index is 1.97. The van der Waals surface area contributed by atoms with E-state index >= 15 is 0 Å². The molecule has 2 aromatic carbocycles. The number of benzene rings is 2. The van der Waals surface area contributed by atoms with E-state index in [1.54, 1.807) is 24.3 Å². The molecular formula is C22H27N5O8S. The highest BCUT2D eigenvalue weighted by molar-refractivity contribution is 7.88. The van der Waals surface area contributed by atoms with E-state index in [1.807, 2.05) is 4.72 Å². The van der Waals surface area contributed by atoms with Gasteiger partial charge in [0, 0.05) is 12.1 Å². The molecule has 0 spiro atoms. The zero-order valence-electron chi connectivity index (χ0n) is 19.0. The van der Waals surface area contributed by atoms with Crippen LogP contribution < -0.4 is 21.1 Å². The fourth-order valence-corrected chi connectivity index (χ4v) is 4.34. The summed E-state index contributed by atoms with van der Waals surface area (Å²) < 4.78 is 26.9. The summed E-state index contributed by atoms with van der Waals surface area (Å²) in [5.74, 6) is -3.83. The van der Waals surface area contributed by atoms with Crippen LogP contribution in [0.4, 0.5) is 0 Å². The van der Waals surface area contributed by atoms with Gasteiger partial charge in [-0.1, -0.05) is 36.4 Å². The molecule has 2 amide bonds. The van der Waals surface area contributed by atoms with Gasteiger partial charge in [-0.05, 0) is 23.3 Å². The van der Waals surface area contributed by atoms with Crippen LogP contribution in [0.2, 0.25) is 0 Å². The third kappa shape index (κ3) is 8.42. The Morgan fingerprint density at radius 2 is 1.56 bits per heavy atom. The lowest BCUT2D eigenvalue weighted by molar-refractivity contribution is -0.131. The monoisotopic (exact) mass is 521 g/mol. The van der Waals surface area contributed by atoms with Crippen molar-refractivity contribution in [2.75, 3.05) is 13.2 Å². The third-order valence-electron chi connectivity index (χ3n) is 4.90. The van der Waals surface area contributed by atoms with Crippen molar-refractivity contribution in [2.24, 2.45) is 5.73 Å². The average molecular weight is 522 g/mol. The number of hydrogen-bond donors (Lipinski definition) is 8. The van der Waals surface area contributed by atoms with Gasteiger partial charge in [0.25, 0.3) is 0 Å². The predicted molar refractivity (Wildman–Crippen MR) is 128 cm³/mol. The van der Waals surface area contributed by atoms with Crippen LogP contribution in [-0.2, 0) is 31.9 Å². The minimum Gasteiger partial charge on any atom is -0.478 e. The number of sulfonamides is 1. The number of carboxylic acids is 1. The molecule has 0 aliphatic rings. The summed E-state index contributed by atoms with van der Waals surface area (Å²) in [4.78, 5) is 36.0. The molecule has 13 nitrogen and oxygen atoms in total. The Morgan fingerprint density at radius 1 is 0.917 bits per heavy atom. The van der Waals surface area contributed by atoms with Gasteiger partial charge in [-0.3, -0.25) is 15.0 Å². The Morgan fingerprint density at radius 3 is 2.11 bits per heavy atom. The number of amidine groups is 1. The lowest BCUT2D eigenvalue weighted by atomic mass is 10.1. The van der Waals surface area contributed by atoms with E-state index in [-0.39, 0.29) is 23.5 Å². The number of carbonyl (C=O) groups is 3. The number of aromatic carboxylic acids is 1. The summed E-state index contributed by atoms with van der Waals surface area (Å²) in [6.07, 6.45) is 0. The van der Waals surface area contributed by atoms with Crippen molar-refractivity contribution in [3.05, 3.63) is 70.8 Å². The standard InChI is InChI=1S/C22H27N5O8S/c23-19(24)15-6-4-13(5-7-15)9-25-20(30)17(10-28)26-21(31)18(11-29)27-36(34,35)12-14-2-1-3-16(8-14)22(32)33/h1-8,17-18,27-29H,9-12H2,(H3,23,24)(H,25,30)(H,26,31)(H,32,33)/t17-,18+/m0/s1. The van der Waals surface area contributed by atoms with Gasteiger partial charge < -0.3 is 31.7 Å². The summed E-state index contributed by atoms with van der Waals surface area (Å²) in [6, 6.07) is 8.55. The molecule has 0 aromatic heterocycles. The topological polar surface area (TPSA) is 232 Å². The highest BCUT2D eigenvalue weighted by atomic mass is 32.2. The lowest BCUT2D eigenvalue weighted by Gasteiger charge is -2.21. The smallest absolute Gasteiger partial charge is 0.335 e. The van der Waals surface area contributed by atoms with Gasteiger partial charge in [0.2, 0.25) is 21.8 Å². The third-order valence-corrected chi connectivity index (χ3v) is 6.26. The van der Waals surface area contributed by atoms with Crippen LogP contribution in [0.15, 0.2) is 48.5 Å². The number of aliphatic hydroxyl groups excluding tert-OH is 2. The van der Waals surface area contributed by atoms with Crippen LogP contribution in [0.25, 0.3) is 0 Å². The van der Waals surface area contributed by atoms with Gasteiger partial charge in [-0.15, -0.1) is 0 Å². The Bertz CT molecular complexity index is 1220. The highest BCUT2D eigenvalue weighted by Gasteiger charge is 2.28. The minimum atomic E-state index is -4.20. The van der Waals surface area contributed by atoms with Gasteiger partial charge in [0.1, 0.15) is 17.9 Å². The first-order valence-electron chi connectivity index (χ1n) is 10.5. The van der Waals surface area contributed by atoms with Gasteiger partial charge >= 0.3 is 5.97 Å². The molecule has 9 N–H and O–H groups in total. The van der Waals surface area contributed by atoms with Crippen LogP contribution in [0.3, 0.4) is 0 Å². The molecule has 0 aliphatic heterocycles. The maximum absolute atomic E-state index is 12.5. The number of carboxylic acid groups (broad SMARTS) is 1. The van der Waals surface area contributed by atoms with Gasteiger partial charge in [0.05, 0.1) is 24.5 Å². The van der Waals surface area contributed by atoms with Crippen molar-refractivity contribution in [3.8, 4) is 0 Å². The first-order chi connectivity index (χ1) is 17.0. The van der Waals surface area contributed by atoms with Crippen LogP contribution in [0, 0.1) is 5.41 Å². The van der Waals surface area contributed by atoms with Crippen LogP contribution in [0.5, 0.6) is 0 Å². The van der Waals surface area contributed by atoms with Gasteiger partial charge in [0.15, 0.2) is 0 Å². The van der Waals surface area contributed by atoms with Crippen molar-refractivity contribution in [1.29, 1.82) is 5.41 Å². The maximum Gasteiger partial charge on any atom is 0.335 e. The fourth-order valence-electron chi connectivity index (χ4n) is 3.03. The number of amides is 2. The summed E-state index contributed by atoms with van der Waals surface area (Å²) >= 11 is 0. The normalized spacial score (nSPS) is 12.8. The van der Waals surface area contributed by atoms with Crippen molar-refractivity contribution < 1.29 is 38.1 Å². The van der Waals surface area contributed by atoms with Gasteiger partial charge in [-0.2, -0.15) is 0 Å². The summed E-state index contributed by atoms with van der Waals surface area (Å²) in [5.41, 5.74) is 6.56. The number of aliphatic hydroxyl groups is 2. The summed E-state index contributed by atoms with van der Waals surface area (Å²) in [6.45, 7) is -1.70. The Kier molecular flexibility index (Phi) is 10.0.